The molecule has 2 aromatic heterocycles. The van der Waals surface area contributed by atoms with E-state index in [0.29, 0.717) is 16.9 Å². The number of ether oxygens (including phenoxy) is 1. The Morgan fingerprint density at radius 2 is 2.05 bits per heavy atom. The van der Waals surface area contributed by atoms with Crippen LogP contribution in [-0.4, -0.2) is 21.9 Å². The highest BCUT2D eigenvalue weighted by Crippen LogP contribution is 2.28. The fraction of sp³-hybridized carbons (Fsp3) is 0.0667. The molecule has 0 saturated heterocycles. The first-order valence-corrected chi connectivity index (χ1v) is 6.08. The van der Waals surface area contributed by atoms with Crippen molar-refractivity contribution in [3.05, 3.63) is 60.8 Å². The summed E-state index contributed by atoms with van der Waals surface area (Å²) >= 11 is 0. The van der Waals surface area contributed by atoms with Gasteiger partial charge in [-0.3, -0.25) is 0 Å². The summed E-state index contributed by atoms with van der Waals surface area (Å²) in [5.41, 5.74) is 1.12. The molecule has 0 fully saturated rings. The molecule has 0 saturated carbocycles. The van der Waals surface area contributed by atoms with Crippen molar-refractivity contribution in [2.45, 2.75) is 0 Å². The van der Waals surface area contributed by atoms with Gasteiger partial charge in [0.2, 0.25) is 0 Å². The Bertz CT molecular complexity index is 725. The highest BCUT2D eigenvalue weighted by molar-refractivity contribution is 5.65. The van der Waals surface area contributed by atoms with Crippen LogP contribution in [0.5, 0.6) is 5.75 Å². The van der Waals surface area contributed by atoms with Gasteiger partial charge in [0, 0.05) is 23.5 Å². The molecule has 0 unspecified atom stereocenters. The van der Waals surface area contributed by atoms with Crippen LogP contribution in [0.4, 0.5) is 4.39 Å². The normalized spacial score (nSPS) is 10.5. The van der Waals surface area contributed by atoms with E-state index in [9.17, 15) is 4.39 Å². The second-order valence-corrected chi connectivity index (χ2v) is 4.18. The molecule has 3 aromatic rings. The van der Waals surface area contributed by atoms with Gasteiger partial charge in [0.25, 0.3) is 0 Å². The fourth-order valence-corrected chi connectivity index (χ4v) is 1.97. The minimum Gasteiger partial charge on any atom is -0.494 e. The standard InChI is InChI=1S/C15H12FN3O/c1-20-13-6-4-5-12(15(13)16)11-9-18-19(10-11)14-7-2-3-8-17-14/h2-10H,1H3. The third-order valence-electron chi connectivity index (χ3n) is 2.96. The summed E-state index contributed by atoms with van der Waals surface area (Å²) in [5.74, 6) is 0.505. The molecule has 0 spiro atoms. The molecule has 5 heteroatoms. The van der Waals surface area contributed by atoms with E-state index >= 15 is 0 Å². The van der Waals surface area contributed by atoms with Crippen LogP contribution < -0.4 is 4.74 Å². The molecule has 100 valence electrons. The van der Waals surface area contributed by atoms with Gasteiger partial charge in [0.05, 0.1) is 13.3 Å². The third kappa shape index (κ3) is 2.14. The van der Waals surface area contributed by atoms with E-state index in [0.717, 1.165) is 0 Å². The molecule has 2 heterocycles. The van der Waals surface area contributed by atoms with Gasteiger partial charge in [-0.25, -0.2) is 14.1 Å². The minimum absolute atomic E-state index is 0.216. The van der Waals surface area contributed by atoms with Crippen LogP contribution in [0.25, 0.3) is 16.9 Å². The SMILES string of the molecule is COc1cccc(-c2cnn(-c3ccccn3)c2)c1F. The molecule has 0 aliphatic rings. The summed E-state index contributed by atoms with van der Waals surface area (Å²) in [4.78, 5) is 4.19. The Labute approximate surface area is 115 Å². The summed E-state index contributed by atoms with van der Waals surface area (Å²) in [5, 5.41) is 4.21. The zero-order valence-electron chi connectivity index (χ0n) is 10.8. The lowest BCUT2D eigenvalue weighted by Crippen LogP contribution is -1.96. The molecular weight excluding hydrogens is 257 g/mol. The van der Waals surface area contributed by atoms with Crippen LogP contribution in [0.1, 0.15) is 0 Å². The molecule has 0 radical (unpaired) electrons. The molecule has 1 aromatic carbocycles. The minimum atomic E-state index is -0.393. The Morgan fingerprint density at radius 1 is 1.15 bits per heavy atom. The first-order chi connectivity index (χ1) is 9.79. The number of benzene rings is 1. The first-order valence-electron chi connectivity index (χ1n) is 6.08. The van der Waals surface area contributed by atoms with Gasteiger partial charge < -0.3 is 4.74 Å². The lowest BCUT2D eigenvalue weighted by molar-refractivity contribution is 0.387. The Morgan fingerprint density at radius 3 is 2.80 bits per heavy atom. The van der Waals surface area contributed by atoms with Crippen molar-refractivity contribution in [1.82, 2.24) is 14.8 Å². The highest BCUT2D eigenvalue weighted by atomic mass is 19.1. The summed E-state index contributed by atoms with van der Waals surface area (Å²) in [6, 6.07) is 10.6. The molecular formula is C15H12FN3O. The molecule has 0 aliphatic heterocycles. The van der Waals surface area contributed by atoms with Gasteiger partial charge in [-0.1, -0.05) is 18.2 Å². The van der Waals surface area contributed by atoms with Crippen molar-refractivity contribution in [2.75, 3.05) is 7.11 Å². The molecule has 0 atom stereocenters. The van der Waals surface area contributed by atoms with Crippen molar-refractivity contribution in [1.29, 1.82) is 0 Å². The van der Waals surface area contributed by atoms with E-state index in [-0.39, 0.29) is 5.75 Å². The number of nitrogens with zero attached hydrogens (tertiary/aromatic N) is 3. The number of methoxy groups -OCH3 is 1. The summed E-state index contributed by atoms with van der Waals surface area (Å²) in [7, 11) is 1.44. The average Bonchev–Trinajstić information content (AvgIpc) is 2.98. The number of hydrogen-bond donors (Lipinski definition) is 0. The van der Waals surface area contributed by atoms with Crippen LogP contribution in [0, 0.1) is 5.82 Å². The first kappa shape index (κ1) is 12.3. The molecule has 4 nitrogen and oxygen atoms in total. The Hall–Kier alpha value is -2.69. The molecule has 0 N–H and O–H groups in total. The zero-order valence-corrected chi connectivity index (χ0v) is 10.8. The van der Waals surface area contributed by atoms with Gasteiger partial charge in [0.15, 0.2) is 17.4 Å². The van der Waals surface area contributed by atoms with Crippen LogP contribution in [0.15, 0.2) is 55.0 Å². The number of pyridine rings is 1. The summed E-state index contributed by atoms with van der Waals surface area (Å²) in [6.07, 6.45) is 5.02. The predicted octanol–water partition coefficient (Wildman–Crippen LogP) is 3.08. The third-order valence-corrected chi connectivity index (χ3v) is 2.96. The van der Waals surface area contributed by atoms with E-state index in [1.54, 1.807) is 41.5 Å². The van der Waals surface area contributed by atoms with E-state index < -0.39 is 5.82 Å². The maximum Gasteiger partial charge on any atom is 0.172 e. The second-order valence-electron chi connectivity index (χ2n) is 4.18. The topological polar surface area (TPSA) is 39.9 Å². The van der Waals surface area contributed by atoms with Crippen LogP contribution in [0.3, 0.4) is 0 Å². The fourth-order valence-electron chi connectivity index (χ4n) is 1.97. The average molecular weight is 269 g/mol. The van der Waals surface area contributed by atoms with E-state index in [2.05, 4.69) is 10.1 Å². The van der Waals surface area contributed by atoms with E-state index in [1.165, 1.54) is 7.11 Å². The second kappa shape index (κ2) is 5.13. The van der Waals surface area contributed by atoms with Crippen LogP contribution in [-0.2, 0) is 0 Å². The predicted molar refractivity (Wildman–Crippen MR) is 73.3 cm³/mol. The van der Waals surface area contributed by atoms with Crippen molar-refractivity contribution in [3.63, 3.8) is 0 Å². The summed E-state index contributed by atoms with van der Waals surface area (Å²) < 4.78 is 20.8. The monoisotopic (exact) mass is 269 g/mol. The van der Waals surface area contributed by atoms with Crippen LogP contribution in [0.2, 0.25) is 0 Å². The maximum atomic E-state index is 14.2. The van der Waals surface area contributed by atoms with Crippen molar-refractivity contribution >= 4 is 0 Å². The molecule has 0 amide bonds. The van der Waals surface area contributed by atoms with Crippen molar-refractivity contribution < 1.29 is 9.13 Å². The number of halogens is 1. The Kier molecular flexibility index (Phi) is 3.16. The molecule has 0 bridgehead atoms. The number of hydrogen-bond acceptors (Lipinski definition) is 3. The van der Waals surface area contributed by atoms with Gasteiger partial charge in [-0.2, -0.15) is 5.10 Å². The van der Waals surface area contributed by atoms with Gasteiger partial charge in [0.1, 0.15) is 0 Å². The quantitative estimate of drug-likeness (QED) is 0.733. The molecule has 3 rings (SSSR count). The van der Waals surface area contributed by atoms with Crippen molar-refractivity contribution in [3.8, 4) is 22.7 Å². The summed E-state index contributed by atoms with van der Waals surface area (Å²) in [6.45, 7) is 0. The lowest BCUT2D eigenvalue weighted by Gasteiger charge is -2.05. The number of aromatic nitrogens is 3. The van der Waals surface area contributed by atoms with Crippen molar-refractivity contribution in [2.24, 2.45) is 0 Å². The van der Waals surface area contributed by atoms with Gasteiger partial charge >= 0.3 is 0 Å². The molecule has 0 aliphatic carbocycles. The molecule has 20 heavy (non-hydrogen) atoms. The van der Waals surface area contributed by atoms with E-state index in [4.69, 9.17) is 4.74 Å². The van der Waals surface area contributed by atoms with Gasteiger partial charge in [-0.05, 0) is 18.2 Å². The van der Waals surface area contributed by atoms with Crippen LogP contribution >= 0.6 is 0 Å². The van der Waals surface area contributed by atoms with Gasteiger partial charge in [-0.15, -0.1) is 0 Å². The lowest BCUT2D eigenvalue weighted by atomic mass is 10.1. The largest absolute Gasteiger partial charge is 0.494 e. The maximum absolute atomic E-state index is 14.2. The number of rotatable bonds is 3. The van der Waals surface area contributed by atoms with E-state index in [1.807, 2.05) is 18.2 Å². The zero-order chi connectivity index (χ0) is 13.9. The smallest absolute Gasteiger partial charge is 0.172 e. The Balaban J connectivity index is 2.03. The highest BCUT2D eigenvalue weighted by Gasteiger charge is 2.12.